The molecule has 0 saturated carbocycles. The summed E-state index contributed by atoms with van der Waals surface area (Å²) in [5.74, 6) is 0.904. The summed E-state index contributed by atoms with van der Waals surface area (Å²) in [5.41, 5.74) is 0. The molecule has 0 aromatic heterocycles. The number of unbranched alkanes of at least 4 members (excludes halogenated alkanes) is 35. The Hall–Kier alpha value is -1.94. The normalized spacial score (nSPS) is 14.8. The molecule has 0 aromatic carbocycles. The van der Waals surface area contributed by atoms with Crippen molar-refractivity contribution in [3.63, 3.8) is 0 Å². The Labute approximate surface area is 568 Å². The number of esters is 4. The number of hydrogen-bond acceptors (Lipinski definition) is 15. The third-order valence-electron chi connectivity index (χ3n) is 17.8. The highest BCUT2D eigenvalue weighted by molar-refractivity contribution is 7.47. The van der Waals surface area contributed by atoms with E-state index in [9.17, 15) is 43.2 Å². The van der Waals surface area contributed by atoms with Crippen LogP contribution in [-0.4, -0.2) is 96.7 Å². The van der Waals surface area contributed by atoms with E-state index in [1.165, 1.54) is 167 Å². The zero-order chi connectivity index (χ0) is 68.9. The molecule has 0 heterocycles. The van der Waals surface area contributed by atoms with E-state index in [0.717, 1.165) is 120 Å². The Balaban J connectivity index is 5.20. The van der Waals surface area contributed by atoms with Gasteiger partial charge in [0, 0.05) is 25.7 Å². The molecular weight excluding hydrogens is 1220 g/mol. The summed E-state index contributed by atoms with van der Waals surface area (Å²) < 4.78 is 68.4. The van der Waals surface area contributed by atoms with Crippen LogP contribution in [0, 0.1) is 23.7 Å². The molecule has 0 radical (unpaired) electrons. The molecule has 7 atom stereocenters. The number of phosphoric acid groups is 2. The minimum atomic E-state index is -4.96. The van der Waals surface area contributed by atoms with Crippen LogP contribution in [0.1, 0.15) is 370 Å². The maximum atomic E-state index is 13.0. The number of aliphatic hydroxyl groups excluding tert-OH is 1. The van der Waals surface area contributed by atoms with Gasteiger partial charge in [0.05, 0.1) is 26.4 Å². The van der Waals surface area contributed by atoms with Crippen LogP contribution in [0.5, 0.6) is 0 Å². The number of carbonyl (C=O) groups is 4. The maximum absolute atomic E-state index is 13.0. The first kappa shape index (κ1) is 91.1. The monoisotopic (exact) mass is 1370 g/mol. The fourth-order valence-electron chi connectivity index (χ4n) is 11.1. The second kappa shape index (κ2) is 63.5. The Morgan fingerprint density at radius 2 is 0.516 bits per heavy atom. The molecular formula is C74H144O17P2. The first-order chi connectivity index (χ1) is 44.7. The largest absolute Gasteiger partial charge is 0.472 e. The van der Waals surface area contributed by atoms with Crippen LogP contribution >= 0.6 is 15.6 Å². The predicted molar refractivity (Wildman–Crippen MR) is 377 cm³/mol. The highest BCUT2D eigenvalue weighted by Crippen LogP contribution is 2.45. The van der Waals surface area contributed by atoms with Crippen LogP contribution in [0.3, 0.4) is 0 Å². The molecule has 4 unspecified atom stereocenters. The number of phosphoric ester groups is 2. The Morgan fingerprint density at radius 1 is 0.301 bits per heavy atom. The van der Waals surface area contributed by atoms with E-state index < -0.39 is 97.5 Å². The third kappa shape index (κ3) is 65.8. The van der Waals surface area contributed by atoms with Gasteiger partial charge in [-0.05, 0) is 49.4 Å². The van der Waals surface area contributed by atoms with E-state index in [4.69, 9.17) is 37.0 Å². The Bertz CT molecular complexity index is 1840. The molecule has 552 valence electrons. The van der Waals surface area contributed by atoms with Gasteiger partial charge in [-0.1, -0.05) is 319 Å². The third-order valence-corrected chi connectivity index (χ3v) is 19.7. The number of ether oxygens (including phenoxy) is 4. The van der Waals surface area contributed by atoms with Crippen LogP contribution in [0.25, 0.3) is 0 Å². The van der Waals surface area contributed by atoms with Gasteiger partial charge in [0.15, 0.2) is 12.2 Å². The standard InChI is InChI=1S/C74H144O17P2/c1-9-66(7)52-44-36-30-32-39-47-55-72(77)85-61-69(90-73(78)56-48-40-29-25-20-16-14-12-11-13-15-18-22-26-34-42-50-64(3)4)62-88-92(80,81)86-58-68(75)59-87-93(82,83)89-63-70(91-74(79)57-49-41-33-31-37-45-53-67(8)10-2)60-84-71(76)54-46-38-28-24-21-17-19-23-27-35-43-51-65(5)6/h64-70,75H,9-63H2,1-8H3,(H,80,81)(H,82,83)/t66?,67?,68-,69+,70+/m0/s1. The van der Waals surface area contributed by atoms with Crippen molar-refractivity contribution in [2.45, 2.75) is 388 Å². The summed E-state index contributed by atoms with van der Waals surface area (Å²) >= 11 is 0. The molecule has 3 N–H and O–H groups in total. The molecule has 93 heavy (non-hydrogen) atoms. The van der Waals surface area contributed by atoms with Crippen molar-refractivity contribution in [2.24, 2.45) is 23.7 Å². The van der Waals surface area contributed by atoms with Gasteiger partial charge < -0.3 is 33.8 Å². The summed E-state index contributed by atoms with van der Waals surface area (Å²) in [5, 5.41) is 10.6. The van der Waals surface area contributed by atoms with Gasteiger partial charge in [0.2, 0.25) is 0 Å². The van der Waals surface area contributed by atoms with E-state index in [1.54, 1.807) is 0 Å². The summed E-state index contributed by atoms with van der Waals surface area (Å²) in [6.45, 7) is 14.1. The lowest BCUT2D eigenvalue weighted by Crippen LogP contribution is -2.30. The van der Waals surface area contributed by atoms with Gasteiger partial charge in [-0.25, -0.2) is 9.13 Å². The van der Waals surface area contributed by atoms with Gasteiger partial charge in [0.25, 0.3) is 0 Å². The van der Waals surface area contributed by atoms with Crippen molar-refractivity contribution >= 4 is 39.5 Å². The SMILES string of the molecule is CCC(C)CCCCCCCCC(=O)OC[C@H](COP(=O)(O)OC[C@H](O)COP(=O)(O)OC[C@@H](COC(=O)CCCCCCCCCCCCCC(C)C)OC(=O)CCCCCCCCC(C)CC)OC(=O)CCCCCCCCCCCCCCCCCCC(C)C. The average molecular weight is 1370 g/mol. The molecule has 0 rings (SSSR count). The van der Waals surface area contributed by atoms with Crippen molar-refractivity contribution in [3.8, 4) is 0 Å². The molecule has 0 aliphatic carbocycles. The van der Waals surface area contributed by atoms with Crippen LogP contribution in [0.2, 0.25) is 0 Å². The summed E-state index contributed by atoms with van der Waals surface area (Å²) in [4.78, 5) is 72.7. The maximum Gasteiger partial charge on any atom is 0.472 e. The van der Waals surface area contributed by atoms with Crippen LogP contribution in [0.15, 0.2) is 0 Å². The Kier molecular flexibility index (Phi) is 62.2. The fraction of sp³-hybridized carbons (Fsp3) is 0.946. The predicted octanol–water partition coefficient (Wildman–Crippen LogP) is 21.3. The smallest absolute Gasteiger partial charge is 0.462 e. The van der Waals surface area contributed by atoms with E-state index in [0.29, 0.717) is 25.7 Å². The van der Waals surface area contributed by atoms with Crippen LogP contribution in [-0.2, 0) is 65.4 Å². The Morgan fingerprint density at radius 3 is 0.763 bits per heavy atom. The molecule has 0 aliphatic rings. The topological polar surface area (TPSA) is 237 Å². The van der Waals surface area contributed by atoms with Crippen LogP contribution < -0.4 is 0 Å². The summed E-state index contributed by atoms with van der Waals surface area (Å²) in [7, 11) is -9.91. The molecule has 0 fully saturated rings. The molecule has 19 heteroatoms. The quantitative estimate of drug-likeness (QED) is 0.0222. The first-order valence-corrected chi connectivity index (χ1v) is 41.3. The molecule has 0 saturated heterocycles. The van der Waals surface area contributed by atoms with Gasteiger partial charge >= 0.3 is 39.5 Å². The molecule has 0 amide bonds. The molecule has 0 bridgehead atoms. The number of rotatable bonds is 71. The number of aliphatic hydroxyl groups is 1. The lowest BCUT2D eigenvalue weighted by molar-refractivity contribution is -0.161. The lowest BCUT2D eigenvalue weighted by Gasteiger charge is -2.21. The molecule has 17 nitrogen and oxygen atoms in total. The fourth-order valence-corrected chi connectivity index (χ4v) is 12.7. The summed E-state index contributed by atoms with van der Waals surface area (Å²) in [6, 6.07) is 0. The lowest BCUT2D eigenvalue weighted by atomic mass is 10.00. The van der Waals surface area contributed by atoms with E-state index >= 15 is 0 Å². The van der Waals surface area contributed by atoms with Crippen molar-refractivity contribution in [1.29, 1.82) is 0 Å². The summed E-state index contributed by atoms with van der Waals surface area (Å²) in [6.07, 6.45) is 47.3. The number of carbonyl (C=O) groups excluding carboxylic acids is 4. The van der Waals surface area contributed by atoms with E-state index in [2.05, 4.69) is 55.4 Å². The molecule has 0 aromatic rings. The first-order valence-electron chi connectivity index (χ1n) is 38.3. The number of hydrogen-bond donors (Lipinski definition) is 3. The second-order valence-corrected chi connectivity index (χ2v) is 31.0. The zero-order valence-electron chi connectivity index (χ0n) is 60.9. The minimum absolute atomic E-state index is 0.102. The van der Waals surface area contributed by atoms with Crippen LogP contribution in [0.4, 0.5) is 0 Å². The van der Waals surface area contributed by atoms with Crippen molar-refractivity contribution in [3.05, 3.63) is 0 Å². The van der Waals surface area contributed by atoms with Gasteiger partial charge in [0.1, 0.15) is 19.3 Å². The second-order valence-electron chi connectivity index (χ2n) is 28.1. The van der Waals surface area contributed by atoms with Gasteiger partial charge in [-0.2, -0.15) is 0 Å². The van der Waals surface area contributed by atoms with Crippen molar-refractivity contribution < 1.29 is 80.2 Å². The highest BCUT2D eigenvalue weighted by Gasteiger charge is 2.30. The average Bonchev–Trinajstić information content (AvgIpc) is 3.74. The molecule has 0 aliphatic heterocycles. The van der Waals surface area contributed by atoms with Crippen molar-refractivity contribution in [2.75, 3.05) is 39.6 Å². The van der Waals surface area contributed by atoms with E-state index in [1.807, 2.05) is 0 Å². The highest BCUT2D eigenvalue weighted by atomic mass is 31.2. The van der Waals surface area contributed by atoms with Crippen molar-refractivity contribution in [1.82, 2.24) is 0 Å². The van der Waals surface area contributed by atoms with Gasteiger partial charge in [-0.3, -0.25) is 37.3 Å². The zero-order valence-corrected chi connectivity index (χ0v) is 62.7. The van der Waals surface area contributed by atoms with Gasteiger partial charge in [-0.15, -0.1) is 0 Å². The molecule has 0 spiro atoms. The minimum Gasteiger partial charge on any atom is -0.462 e. The van der Waals surface area contributed by atoms with E-state index in [-0.39, 0.29) is 25.7 Å².